The molecule has 5 rings (SSSR count). The number of hydrogen-bond donors (Lipinski definition) is 3. The molecule has 3 N–H and O–H groups in total. The van der Waals surface area contributed by atoms with Gasteiger partial charge in [0.1, 0.15) is 29.5 Å². The molecule has 36 heavy (non-hydrogen) atoms. The van der Waals surface area contributed by atoms with Crippen molar-refractivity contribution in [1.82, 2.24) is 0 Å². The molecule has 188 valence electrons. The second kappa shape index (κ2) is 9.09. The monoisotopic (exact) mass is 506 g/mol. The predicted molar refractivity (Wildman–Crippen MR) is 141 cm³/mol. The minimum atomic E-state index is -3.64. The highest BCUT2D eigenvalue weighted by molar-refractivity contribution is 7.95. The third-order valence-corrected chi connectivity index (χ3v) is 8.83. The highest BCUT2D eigenvalue weighted by atomic mass is 32.2. The van der Waals surface area contributed by atoms with Crippen LogP contribution in [0.5, 0.6) is 17.2 Å². The Morgan fingerprint density at radius 3 is 2.58 bits per heavy atom. The first kappa shape index (κ1) is 24.1. The van der Waals surface area contributed by atoms with Crippen molar-refractivity contribution in [2.45, 2.75) is 32.9 Å². The fraction of sp³-hybridized carbons (Fsp3) is 0.286. The van der Waals surface area contributed by atoms with Crippen LogP contribution in [-0.2, 0) is 16.4 Å². The average Bonchev–Trinajstić information content (AvgIpc) is 3.00. The van der Waals surface area contributed by atoms with Crippen molar-refractivity contribution in [2.24, 2.45) is 5.41 Å². The van der Waals surface area contributed by atoms with E-state index in [2.05, 4.69) is 10.6 Å². The molecule has 8 heteroatoms. The molecule has 2 aliphatic heterocycles. The molecule has 0 aromatic heterocycles. The number of sulfone groups is 1. The zero-order valence-corrected chi connectivity index (χ0v) is 21.4. The molecular formula is C28H30N2O5S. The Hall–Kier alpha value is -3.65. The number of fused-ring (bicyclic) bond motifs is 1. The quantitative estimate of drug-likeness (QED) is 0.387. The standard InChI is InChI=1S/C28H30N2O5S/c1-28(2)15-22-27(36(32,33)17-28)25(29-21-10-7-11-23(31)26(21)30-22)20-13-12-19(14-24(20)34-3)35-16-18-8-5-4-6-9-18/h4-14,25,29-31H,15-17H2,1-3H3. The summed E-state index contributed by atoms with van der Waals surface area (Å²) >= 11 is 0. The number of rotatable bonds is 5. The van der Waals surface area contributed by atoms with Crippen LogP contribution in [0.4, 0.5) is 11.4 Å². The SMILES string of the molecule is COc1cc(OCc2ccccc2)ccc1C1Nc2cccc(O)c2NC2=C1S(=O)(=O)CC(C)(C)C2. The molecule has 1 unspecified atom stereocenters. The lowest BCUT2D eigenvalue weighted by Gasteiger charge is -2.35. The Balaban J connectivity index is 1.59. The van der Waals surface area contributed by atoms with Crippen LogP contribution in [0.25, 0.3) is 0 Å². The van der Waals surface area contributed by atoms with Crippen LogP contribution in [0, 0.1) is 5.41 Å². The van der Waals surface area contributed by atoms with Gasteiger partial charge in [-0.1, -0.05) is 50.2 Å². The van der Waals surface area contributed by atoms with E-state index in [4.69, 9.17) is 9.47 Å². The molecule has 3 aromatic carbocycles. The highest BCUT2D eigenvalue weighted by Gasteiger charge is 2.43. The number of hydrogen-bond acceptors (Lipinski definition) is 7. The van der Waals surface area contributed by atoms with E-state index in [9.17, 15) is 13.5 Å². The zero-order chi connectivity index (χ0) is 25.5. The first-order valence-corrected chi connectivity index (χ1v) is 13.5. The Bertz CT molecular complexity index is 1430. The van der Waals surface area contributed by atoms with Crippen molar-refractivity contribution in [2.75, 3.05) is 23.5 Å². The van der Waals surface area contributed by atoms with Crippen LogP contribution in [0.1, 0.15) is 37.4 Å². The lowest BCUT2D eigenvalue weighted by atomic mass is 9.88. The summed E-state index contributed by atoms with van der Waals surface area (Å²) in [6, 6.07) is 19.7. The smallest absolute Gasteiger partial charge is 0.179 e. The molecule has 2 heterocycles. The second-order valence-electron chi connectivity index (χ2n) is 10.0. The van der Waals surface area contributed by atoms with Crippen LogP contribution < -0.4 is 20.1 Å². The van der Waals surface area contributed by atoms with Gasteiger partial charge in [0.15, 0.2) is 9.84 Å². The first-order chi connectivity index (χ1) is 17.2. The van der Waals surface area contributed by atoms with Gasteiger partial charge in [0.05, 0.1) is 29.5 Å². The van der Waals surface area contributed by atoms with E-state index in [1.54, 1.807) is 25.3 Å². The minimum absolute atomic E-state index is 0.0294. The number of anilines is 2. The van der Waals surface area contributed by atoms with Gasteiger partial charge in [-0.3, -0.25) is 0 Å². The zero-order valence-electron chi connectivity index (χ0n) is 20.5. The van der Waals surface area contributed by atoms with Gasteiger partial charge in [-0.05, 0) is 41.7 Å². The van der Waals surface area contributed by atoms with Crippen LogP contribution in [0.3, 0.4) is 0 Å². The molecule has 1 atom stereocenters. The number of phenolic OH excluding ortho intramolecular Hbond substituents is 1. The lowest BCUT2D eigenvalue weighted by Crippen LogP contribution is -2.35. The highest BCUT2D eigenvalue weighted by Crippen LogP contribution is 2.49. The normalized spacial score (nSPS) is 19.7. The number of aromatic hydroxyl groups is 1. The van der Waals surface area contributed by atoms with E-state index in [0.717, 1.165) is 5.56 Å². The minimum Gasteiger partial charge on any atom is -0.506 e. The summed E-state index contributed by atoms with van der Waals surface area (Å²) in [4.78, 5) is 0.272. The summed E-state index contributed by atoms with van der Waals surface area (Å²) in [5.41, 5.74) is 2.90. The average molecular weight is 507 g/mol. The summed E-state index contributed by atoms with van der Waals surface area (Å²) in [6.07, 6.45) is 0.522. The third-order valence-electron chi connectivity index (χ3n) is 6.51. The van der Waals surface area contributed by atoms with Crippen molar-refractivity contribution in [1.29, 1.82) is 0 Å². The van der Waals surface area contributed by atoms with E-state index in [0.29, 0.717) is 47.2 Å². The van der Waals surface area contributed by atoms with Gasteiger partial charge >= 0.3 is 0 Å². The molecule has 2 aliphatic rings. The number of benzene rings is 3. The van der Waals surface area contributed by atoms with Gasteiger partial charge in [-0.25, -0.2) is 8.42 Å². The second-order valence-corrected chi connectivity index (χ2v) is 12.0. The van der Waals surface area contributed by atoms with Crippen LogP contribution in [0.2, 0.25) is 0 Å². The summed E-state index contributed by atoms with van der Waals surface area (Å²) in [5.74, 6) is 1.20. The molecule has 0 spiro atoms. The van der Waals surface area contributed by atoms with Crippen molar-refractivity contribution in [3.05, 3.63) is 88.5 Å². The van der Waals surface area contributed by atoms with E-state index < -0.39 is 21.3 Å². The summed E-state index contributed by atoms with van der Waals surface area (Å²) < 4.78 is 39.0. The Labute approximate surface area is 211 Å². The molecule has 0 fully saturated rings. The van der Waals surface area contributed by atoms with Crippen molar-refractivity contribution < 1.29 is 23.0 Å². The maximum Gasteiger partial charge on any atom is 0.179 e. The van der Waals surface area contributed by atoms with Crippen molar-refractivity contribution >= 4 is 21.2 Å². The van der Waals surface area contributed by atoms with Gasteiger partial charge in [0.2, 0.25) is 0 Å². The topological polar surface area (TPSA) is 96.9 Å². The molecular weight excluding hydrogens is 476 g/mol. The van der Waals surface area contributed by atoms with Crippen molar-refractivity contribution in [3.8, 4) is 17.2 Å². The first-order valence-electron chi connectivity index (χ1n) is 11.8. The summed E-state index contributed by atoms with van der Waals surface area (Å²) in [5, 5.41) is 17.2. The van der Waals surface area contributed by atoms with E-state index in [1.807, 2.05) is 62.4 Å². The number of ether oxygens (including phenoxy) is 2. The molecule has 7 nitrogen and oxygen atoms in total. The van der Waals surface area contributed by atoms with Crippen LogP contribution in [-0.4, -0.2) is 26.4 Å². The van der Waals surface area contributed by atoms with E-state index >= 15 is 0 Å². The fourth-order valence-electron chi connectivity index (χ4n) is 5.00. The van der Waals surface area contributed by atoms with Crippen LogP contribution in [0.15, 0.2) is 77.3 Å². The van der Waals surface area contributed by atoms with Crippen LogP contribution >= 0.6 is 0 Å². The van der Waals surface area contributed by atoms with Gasteiger partial charge < -0.3 is 25.2 Å². The number of nitrogens with one attached hydrogen (secondary N) is 2. The number of methoxy groups -OCH3 is 1. The molecule has 3 aromatic rings. The molecule has 0 aliphatic carbocycles. The summed E-state index contributed by atoms with van der Waals surface area (Å²) in [7, 11) is -2.08. The lowest BCUT2D eigenvalue weighted by molar-refractivity contribution is 0.303. The molecule has 0 saturated carbocycles. The molecule has 0 saturated heterocycles. The Morgan fingerprint density at radius 1 is 1.06 bits per heavy atom. The van der Waals surface area contributed by atoms with E-state index in [-0.39, 0.29) is 16.4 Å². The maximum atomic E-state index is 13.7. The summed E-state index contributed by atoms with van der Waals surface area (Å²) in [6.45, 7) is 4.28. The number of para-hydroxylation sites is 1. The van der Waals surface area contributed by atoms with Gasteiger partial charge in [0.25, 0.3) is 0 Å². The van der Waals surface area contributed by atoms with Crippen molar-refractivity contribution in [3.63, 3.8) is 0 Å². The fourth-order valence-corrected chi connectivity index (χ4v) is 7.33. The number of allylic oxidation sites excluding steroid dienone is 1. The molecule has 0 amide bonds. The van der Waals surface area contributed by atoms with Gasteiger partial charge in [-0.15, -0.1) is 0 Å². The van der Waals surface area contributed by atoms with Gasteiger partial charge in [0, 0.05) is 17.3 Å². The maximum absolute atomic E-state index is 13.7. The number of phenols is 1. The molecule has 0 radical (unpaired) electrons. The molecule has 0 bridgehead atoms. The predicted octanol–water partition coefficient (Wildman–Crippen LogP) is 5.61. The van der Waals surface area contributed by atoms with E-state index in [1.165, 1.54) is 0 Å². The van der Waals surface area contributed by atoms with Gasteiger partial charge in [-0.2, -0.15) is 0 Å². The Kier molecular flexibility index (Phi) is 6.08. The largest absolute Gasteiger partial charge is 0.506 e. The third kappa shape index (κ3) is 4.60. The Morgan fingerprint density at radius 2 is 1.83 bits per heavy atom.